The summed E-state index contributed by atoms with van der Waals surface area (Å²) in [5.41, 5.74) is 0.379. The maximum atomic E-state index is 13.2. The highest BCUT2D eigenvalue weighted by Crippen LogP contribution is 2.06. The second kappa shape index (κ2) is 5.98. The number of hydrogen-bond donors (Lipinski definition) is 2. The number of carbonyl (C=O) groups is 2. The van der Waals surface area contributed by atoms with Gasteiger partial charge in [-0.05, 0) is 6.07 Å². The maximum Gasteiger partial charge on any atom is 0.306 e. The fraction of sp³-hybridized carbons (Fsp3) is 0.333. The van der Waals surface area contributed by atoms with Crippen molar-refractivity contribution in [2.75, 3.05) is 0 Å². The lowest BCUT2D eigenvalue weighted by atomic mass is 10.1. The molecule has 0 spiro atoms. The van der Waals surface area contributed by atoms with Crippen molar-refractivity contribution >= 4 is 11.9 Å². The van der Waals surface area contributed by atoms with Crippen LogP contribution in [0.3, 0.4) is 0 Å². The van der Waals surface area contributed by atoms with E-state index in [2.05, 4.69) is 5.32 Å². The lowest BCUT2D eigenvalue weighted by Gasteiger charge is -2.08. The molecule has 1 aromatic rings. The summed E-state index contributed by atoms with van der Waals surface area (Å²) in [5, 5.41) is 11.1. The molecule has 1 aromatic carbocycles. The number of halogens is 1. The summed E-state index contributed by atoms with van der Waals surface area (Å²) >= 11 is 0. The van der Waals surface area contributed by atoms with Gasteiger partial charge in [0.25, 0.3) is 0 Å². The highest BCUT2D eigenvalue weighted by molar-refractivity contribution is 5.81. The molecule has 1 amide bonds. The molecule has 0 aliphatic heterocycles. The van der Waals surface area contributed by atoms with Crippen LogP contribution in [0.2, 0.25) is 0 Å². The van der Waals surface area contributed by atoms with Crippen LogP contribution in [0.1, 0.15) is 18.9 Å². The lowest BCUT2D eigenvalue weighted by Crippen LogP contribution is -2.27. The van der Waals surface area contributed by atoms with E-state index in [4.69, 9.17) is 5.11 Å². The zero-order valence-corrected chi connectivity index (χ0v) is 9.44. The van der Waals surface area contributed by atoms with Gasteiger partial charge in [-0.3, -0.25) is 9.59 Å². The van der Waals surface area contributed by atoms with E-state index < -0.39 is 17.8 Å². The molecule has 0 saturated carbocycles. The first-order chi connectivity index (χ1) is 8.00. The van der Waals surface area contributed by atoms with Gasteiger partial charge in [0.2, 0.25) is 5.91 Å². The molecule has 0 fully saturated rings. The van der Waals surface area contributed by atoms with Gasteiger partial charge in [-0.1, -0.05) is 25.1 Å². The largest absolute Gasteiger partial charge is 0.481 e. The molecule has 2 N–H and O–H groups in total. The quantitative estimate of drug-likeness (QED) is 0.819. The third-order valence-electron chi connectivity index (χ3n) is 2.35. The fourth-order valence-electron chi connectivity index (χ4n) is 1.27. The van der Waals surface area contributed by atoms with Crippen LogP contribution < -0.4 is 5.32 Å². The predicted octanol–water partition coefficient (Wildman–Crippen LogP) is 1.55. The molecule has 4 nitrogen and oxygen atoms in total. The summed E-state index contributed by atoms with van der Waals surface area (Å²) in [7, 11) is 0. The van der Waals surface area contributed by atoms with Crippen molar-refractivity contribution in [3.05, 3.63) is 35.6 Å². The highest BCUT2D eigenvalue weighted by atomic mass is 19.1. The molecule has 0 heterocycles. The Hall–Kier alpha value is -1.91. The summed E-state index contributed by atoms with van der Waals surface area (Å²) in [6, 6.07) is 6.11. The van der Waals surface area contributed by atoms with Crippen LogP contribution in [-0.2, 0) is 16.1 Å². The van der Waals surface area contributed by atoms with E-state index in [1.165, 1.54) is 13.0 Å². The Morgan fingerprint density at radius 2 is 2.06 bits per heavy atom. The minimum atomic E-state index is -1.02. The number of carbonyl (C=O) groups excluding carboxylic acids is 1. The van der Waals surface area contributed by atoms with Crippen molar-refractivity contribution in [1.82, 2.24) is 5.32 Å². The monoisotopic (exact) mass is 239 g/mol. The zero-order chi connectivity index (χ0) is 12.8. The lowest BCUT2D eigenvalue weighted by molar-refractivity contribution is -0.143. The number of aliphatic carboxylic acids is 1. The molecule has 5 heteroatoms. The van der Waals surface area contributed by atoms with Crippen LogP contribution in [-0.4, -0.2) is 17.0 Å². The van der Waals surface area contributed by atoms with Gasteiger partial charge in [-0.15, -0.1) is 0 Å². The minimum absolute atomic E-state index is 0.0673. The van der Waals surface area contributed by atoms with Crippen molar-refractivity contribution in [2.24, 2.45) is 5.92 Å². The molecule has 92 valence electrons. The van der Waals surface area contributed by atoms with Gasteiger partial charge in [0.15, 0.2) is 0 Å². The Morgan fingerprint density at radius 3 is 2.65 bits per heavy atom. The van der Waals surface area contributed by atoms with E-state index in [0.29, 0.717) is 5.56 Å². The Morgan fingerprint density at radius 1 is 1.41 bits per heavy atom. The van der Waals surface area contributed by atoms with E-state index in [0.717, 1.165) is 0 Å². The SMILES string of the molecule is CC(CC(=O)NCc1ccccc1F)C(=O)O. The summed E-state index contributed by atoms with van der Waals surface area (Å²) < 4.78 is 13.2. The molecule has 0 radical (unpaired) electrons. The Kier molecular flexibility index (Phi) is 4.63. The first-order valence-corrected chi connectivity index (χ1v) is 5.23. The minimum Gasteiger partial charge on any atom is -0.481 e. The maximum absolute atomic E-state index is 13.2. The third kappa shape index (κ3) is 4.22. The van der Waals surface area contributed by atoms with Gasteiger partial charge in [0.05, 0.1) is 5.92 Å². The molecule has 0 aliphatic rings. The summed E-state index contributed by atoms with van der Waals surface area (Å²) in [6.45, 7) is 1.52. The molecule has 1 unspecified atom stereocenters. The summed E-state index contributed by atoms with van der Waals surface area (Å²) in [4.78, 5) is 21.9. The van der Waals surface area contributed by atoms with Crippen LogP contribution in [0.4, 0.5) is 4.39 Å². The van der Waals surface area contributed by atoms with Crippen molar-refractivity contribution in [1.29, 1.82) is 0 Å². The molecular weight excluding hydrogens is 225 g/mol. The third-order valence-corrected chi connectivity index (χ3v) is 2.35. The van der Waals surface area contributed by atoms with Crippen molar-refractivity contribution in [3.8, 4) is 0 Å². The van der Waals surface area contributed by atoms with Crippen molar-refractivity contribution in [3.63, 3.8) is 0 Å². The molecule has 1 rings (SSSR count). The average molecular weight is 239 g/mol. The zero-order valence-electron chi connectivity index (χ0n) is 9.44. The summed E-state index contributed by atoms with van der Waals surface area (Å²) in [5.74, 6) is -2.55. The number of amides is 1. The van der Waals surface area contributed by atoms with Gasteiger partial charge in [-0.25, -0.2) is 4.39 Å². The second-order valence-electron chi connectivity index (χ2n) is 3.81. The Balaban J connectivity index is 2.44. The molecule has 17 heavy (non-hydrogen) atoms. The first kappa shape index (κ1) is 13.2. The van der Waals surface area contributed by atoms with Crippen LogP contribution in [0.15, 0.2) is 24.3 Å². The predicted molar refractivity (Wildman–Crippen MR) is 59.7 cm³/mol. The number of nitrogens with one attached hydrogen (secondary N) is 1. The van der Waals surface area contributed by atoms with Crippen LogP contribution in [0, 0.1) is 11.7 Å². The van der Waals surface area contributed by atoms with E-state index in [9.17, 15) is 14.0 Å². The molecule has 0 saturated heterocycles. The van der Waals surface area contributed by atoms with Crippen LogP contribution in [0.25, 0.3) is 0 Å². The molecular formula is C12H14FNO3. The second-order valence-corrected chi connectivity index (χ2v) is 3.81. The topological polar surface area (TPSA) is 66.4 Å². The summed E-state index contributed by atoms with van der Waals surface area (Å²) in [6.07, 6.45) is -0.107. The smallest absolute Gasteiger partial charge is 0.306 e. The first-order valence-electron chi connectivity index (χ1n) is 5.23. The Bertz CT molecular complexity index is 420. The molecule has 0 bridgehead atoms. The molecule has 0 aromatic heterocycles. The normalized spacial score (nSPS) is 11.9. The van der Waals surface area contributed by atoms with E-state index in [1.807, 2.05) is 0 Å². The van der Waals surface area contributed by atoms with Crippen molar-refractivity contribution in [2.45, 2.75) is 19.9 Å². The average Bonchev–Trinajstić information content (AvgIpc) is 2.27. The number of benzene rings is 1. The van der Waals surface area contributed by atoms with Gasteiger partial charge in [0, 0.05) is 18.5 Å². The number of rotatable bonds is 5. The van der Waals surface area contributed by atoms with Crippen LogP contribution >= 0.6 is 0 Å². The highest BCUT2D eigenvalue weighted by Gasteiger charge is 2.15. The van der Waals surface area contributed by atoms with Crippen LogP contribution in [0.5, 0.6) is 0 Å². The molecule has 1 atom stereocenters. The molecule has 0 aliphatic carbocycles. The fourth-order valence-corrected chi connectivity index (χ4v) is 1.27. The number of hydrogen-bond acceptors (Lipinski definition) is 2. The number of carboxylic acid groups (broad SMARTS) is 1. The van der Waals surface area contributed by atoms with E-state index in [1.54, 1.807) is 18.2 Å². The standard InChI is InChI=1S/C12H14FNO3/c1-8(12(16)17)6-11(15)14-7-9-4-2-3-5-10(9)13/h2-5,8H,6-7H2,1H3,(H,14,15)(H,16,17). The Labute approximate surface area is 98.5 Å². The van der Waals surface area contributed by atoms with Gasteiger partial charge < -0.3 is 10.4 Å². The van der Waals surface area contributed by atoms with E-state index in [-0.39, 0.29) is 18.8 Å². The van der Waals surface area contributed by atoms with E-state index >= 15 is 0 Å². The van der Waals surface area contributed by atoms with Crippen molar-refractivity contribution < 1.29 is 19.1 Å². The van der Waals surface area contributed by atoms with Gasteiger partial charge in [-0.2, -0.15) is 0 Å². The van der Waals surface area contributed by atoms with Gasteiger partial charge >= 0.3 is 5.97 Å². The number of carboxylic acids is 1. The van der Waals surface area contributed by atoms with Gasteiger partial charge in [0.1, 0.15) is 5.82 Å².